The summed E-state index contributed by atoms with van der Waals surface area (Å²) in [6.07, 6.45) is 7.55. The Balaban J connectivity index is 1.57. The largest absolute Gasteiger partial charge is 0.396 e. The average Bonchev–Trinajstić information content (AvgIpc) is 3.14. The Hall–Kier alpha value is -2.34. The fourth-order valence-corrected chi connectivity index (χ4v) is 3.42. The van der Waals surface area contributed by atoms with E-state index in [9.17, 15) is 9.90 Å². The third-order valence-corrected chi connectivity index (χ3v) is 5.02. The Morgan fingerprint density at radius 3 is 2.80 bits per heavy atom. The molecule has 1 aromatic heterocycles. The molecule has 3 rings (SSSR count). The molecule has 0 unspecified atom stereocenters. The number of nitrogens with one attached hydrogen (secondary N) is 1. The molecule has 2 amide bonds. The Morgan fingerprint density at radius 2 is 2.12 bits per heavy atom. The van der Waals surface area contributed by atoms with Crippen LogP contribution in [0.25, 0.3) is 0 Å². The topological polar surface area (TPSA) is 70.4 Å². The summed E-state index contributed by atoms with van der Waals surface area (Å²) < 4.78 is 1.85. The maximum absolute atomic E-state index is 12.5. The van der Waals surface area contributed by atoms with E-state index in [1.165, 1.54) is 0 Å². The Morgan fingerprint density at radius 1 is 1.32 bits per heavy atom. The number of benzene rings is 1. The van der Waals surface area contributed by atoms with E-state index in [1.807, 2.05) is 48.3 Å². The molecule has 1 aliphatic rings. The molecule has 1 aromatic carbocycles. The molecule has 0 atom stereocenters. The minimum atomic E-state index is -0.0799. The van der Waals surface area contributed by atoms with Crippen LogP contribution in [0, 0.1) is 5.92 Å². The second-order valence-electron chi connectivity index (χ2n) is 6.80. The molecule has 1 aliphatic carbocycles. The third kappa shape index (κ3) is 4.60. The van der Waals surface area contributed by atoms with E-state index in [0.717, 1.165) is 36.9 Å². The van der Waals surface area contributed by atoms with E-state index in [1.54, 1.807) is 11.1 Å². The van der Waals surface area contributed by atoms with Gasteiger partial charge in [0.15, 0.2) is 0 Å². The quantitative estimate of drug-likeness (QED) is 0.878. The van der Waals surface area contributed by atoms with Crippen LogP contribution in [-0.4, -0.2) is 45.5 Å². The minimum absolute atomic E-state index is 0.0799. The molecule has 0 aliphatic heterocycles. The fraction of sp³-hybridized carbons (Fsp3) is 0.474. The Labute approximate surface area is 148 Å². The zero-order valence-corrected chi connectivity index (χ0v) is 14.6. The van der Waals surface area contributed by atoms with Crippen LogP contribution < -0.4 is 5.32 Å². The van der Waals surface area contributed by atoms with Crippen LogP contribution in [0.5, 0.6) is 0 Å². The van der Waals surface area contributed by atoms with Gasteiger partial charge in [-0.3, -0.25) is 4.68 Å². The second kappa shape index (κ2) is 8.16. The van der Waals surface area contributed by atoms with Gasteiger partial charge < -0.3 is 15.3 Å². The van der Waals surface area contributed by atoms with Crippen LogP contribution in [0.2, 0.25) is 0 Å². The van der Waals surface area contributed by atoms with Gasteiger partial charge in [-0.2, -0.15) is 5.10 Å². The van der Waals surface area contributed by atoms with E-state index in [2.05, 4.69) is 10.4 Å². The van der Waals surface area contributed by atoms with Gasteiger partial charge in [-0.15, -0.1) is 0 Å². The van der Waals surface area contributed by atoms with Gasteiger partial charge in [0.1, 0.15) is 0 Å². The number of aromatic nitrogens is 2. The van der Waals surface area contributed by atoms with E-state index in [4.69, 9.17) is 0 Å². The number of urea groups is 1. The lowest BCUT2D eigenvalue weighted by atomic mass is 9.86. The predicted molar refractivity (Wildman–Crippen MR) is 97.4 cm³/mol. The van der Waals surface area contributed by atoms with Crippen LogP contribution >= 0.6 is 0 Å². The molecule has 0 radical (unpaired) electrons. The van der Waals surface area contributed by atoms with Crippen LogP contribution in [0.15, 0.2) is 42.7 Å². The van der Waals surface area contributed by atoms with Crippen molar-refractivity contribution in [2.75, 3.05) is 19.0 Å². The number of amides is 2. The smallest absolute Gasteiger partial charge is 0.321 e. The highest BCUT2D eigenvalue weighted by molar-refractivity contribution is 5.89. The molecule has 1 fully saturated rings. The Kier molecular flexibility index (Phi) is 5.71. The van der Waals surface area contributed by atoms with Crippen molar-refractivity contribution >= 4 is 11.7 Å². The predicted octanol–water partition coefficient (Wildman–Crippen LogP) is 2.95. The first-order chi connectivity index (χ1) is 12.2. The number of hydrogen-bond acceptors (Lipinski definition) is 3. The normalized spacial score (nSPS) is 20.2. The van der Waals surface area contributed by atoms with Crippen molar-refractivity contribution in [2.45, 2.75) is 38.3 Å². The molecule has 1 saturated carbocycles. The van der Waals surface area contributed by atoms with Crippen molar-refractivity contribution < 1.29 is 9.90 Å². The molecule has 0 spiro atoms. The zero-order chi connectivity index (χ0) is 17.6. The minimum Gasteiger partial charge on any atom is -0.396 e. The second-order valence-corrected chi connectivity index (χ2v) is 6.80. The summed E-state index contributed by atoms with van der Waals surface area (Å²) in [5.74, 6) is 0.395. The molecule has 0 saturated heterocycles. The molecule has 2 N–H and O–H groups in total. The maximum atomic E-state index is 12.5. The molecule has 0 bridgehead atoms. The van der Waals surface area contributed by atoms with Gasteiger partial charge in [-0.05, 0) is 55.4 Å². The first kappa shape index (κ1) is 17.5. The molecule has 1 heterocycles. The number of rotatable bonds is 5. The summed E-state index contributed by atoms with van der Waals surface area (Å²) in [5, 5.41) is 16.4. The number of carbonyl (C=O) groups is 1. The van der Waals surface area contributed by atoms with Crippen LogP contribution in [0.1, 0.15) is 31.2 Å². The van der Waals surface area contributed by atoms with Gasteiger partial charge in [-0.1, -0.05) is 12.1 Å². The van der Waals surface area contributed by atoms with Crippen molar-refractivity contribution in [1.82, 2.24) is 14.7 Å². The highest BCUT2D eigenvalue weighted by atomic mass is 16.3. The molecular formula is C19H26N4O2. The van der Waals surface area contributed by atoms with Crippen molar-refractivity contribution in [3.8, 4) is 0 Å². The van der Waals surface area contributed by atoms with Crippen molar-refractivity contribution in [3.05, 3.63) is 48.3 Å². The number of anilines is 1. The molecular weight excluding hydrogens is 316 g/mol. The van der Waals surface area contributed by atoms with E-state index in [0.29, 0.717) is 12.5 Å². The van der Waals surface area contributed by atoms with E-state index < -0.39 is 0 Å². The monoisotopic (exact) mass is 342 g/mol. The van der Waals surface area contributed by atoms with Crippen LogP contribution in [0.4, 0.5) is 10.5 Å². The van der Waals surface area contributed by atoms with Gasteiger partial charge in [-0.25, -0.2) is 4.79 Å². The maximum Gasteiger partial charge on any atom is 0.321 e. The van der Waals surface area contributed by atoms with Crippen molar-refractivity contribution in [3.63, 3.8) is 0 Å². The molecule has 134 valence electrons. The lowest BCUT2D eigenvalue weighted by molar-refractivity contribution is 0.139. The SMILES string of the molecule is CN(C(=O)Nc1cccc(Cn2cccn2)c1)C1CCC(CO)CC1. The first-order valence-electron chi connectivity index (χ1n) is 8.86. The zero-order valence-electron chi connectivity index (χ0n) is 14.6. The standard InChI is InChI=1S/C19H26N4O2/c1-22(18-8-6-15(14-24)7-9-18)19(25)21-17-5-2-4-16(12-17)13-23-11-3-10-20-23/h2-5,10-12,15,18,24H,6-9,13-14H2,1H3,(H,21,25). The van der Waals surface area contributed by atoms with Gasteiger partial charge in [0.05, 0.1) is 6.54 Å². The van der Waals surface area contributed by atoms with Gasteiger partial charge in [0.2, 0.25) is 0 Å². The van der Waals surface area contributed by atoms with E-state index in [-0.39, 0.29) is 18.7 Å². The van der Waals surface area contributed by atoms with Crippen molar-refractivity contribution in [2.24, 2.45) is 5.92 Å². The molecule has 6 nitrogen and oxygen atoms in total. The molecule has 6 heteroatoms. The summed E-state index contributed by atoms with van der Waals surface area (Å²) in [6.45, 7) is 0.934. The highest BCUT2D eigenvalue weighted by Crippen LogP contribution is 2.27. The van der Waals surface area contributed by atoms with Gasteiger partial charge in [0, 0.05) is 37.8 Å². The lowest BCUT2D eigenvalue weighted by Gasteiger charge is -2.34. The third-order valence-electron chi connectivity index (χ3n) is 5.02. The van der Waals surface area contributed by atoms with E-state index >= 15 is 0 Å². The van der Waals surface area contributed by atoms with Crippen LogP contribution in [-0.2, 0) is 6.54 Å². The summed E-state index contributed by atoms with van der Waals surface area (Å²) in [5.41, 5.74) is 1.89. The molecule has 25 heavy (non-hydrogen) atoms. The fourth-order valence-electron chi connectivity index (χ4n) is 3.42. The summed E-state index contributed by atoms with van der Waals surface area (Å²) >= 11 is 0. The molecule has 2 aromatic rings. The summed E-state index contributed by atoms with van der Waals surface area (Å²) in [6, 6.07) is 9.92. The number of carbonyl (C=O) groups excluding carboxylic acids is 1. The van der Waals surface area contributed by atoms with Gasteiger partial charge >= 0.3 is 6.03 Å². The highest BCUT2D eigenvalue weighted by Gasteiger charge is 2.26. The van der Waals surface area contributed by atoms with Gasteiger partial charge in [0.25, 0.3) is 0 Å². The van der Waals surface area contributed by atoms with Crippen LogP contribution in [0.3, 0.4) is 0 Å². The number of aliphatic hydroxyl groups excluding tert-OH is 1. The number of hydrogen-bond donors (Lipinski definition) is 2. The first-order valence-corrected chi connectivity index (χ1v) is 8.86. The Bertz CT molecular complexity index is 678. The summed E-state index contributed by atoms with van der Waals surface area (Å²) in [4.78, 5) is 14.3. The number of nitrogens with zero attached hydrogens (tertiary/aromatic N) is 3. The lowest BCUT2D eigenvalue weighted by Crippen LogP contribution is -2.42. The van der Waals surface area contributed by atoms with Crippen molar-refractivity contribution in [1.29, 1.82) is 0 Å². The summed E-state index contributed by atoms with van der Waals surface area (Å²) in [7, 11) is 1.85. The number of aliphatic hydroxyl groups is 1. The average molecular weight is 342 g/mol.